The molecular formula is C42H26O. The molecule has 0 unspecified atom stereocenters. The van der Waals surface area contributed by atoms with Crippen molar-refractivity contribution in [2.75, 3.05) is 0 Å². The highest BCUT2D eigenvalue weighted by atomic mass is 16.3. The van der Waals surface area contributed by atoms with E-state index in [4.69, 9.17) is 19.5 Å². The maximum Gasteiger partial charge on any atom is 0.143 e. The van der Waals surface area contributed by atoms with Crippen molar-refractivity contribution in [3.05, 3.63) is 157 Å². The first kappa shape index (κ1) is 14.5. The van der Waals surface area contributed by atoms with Crippen LogP contribution in [0.15, 0.2) is 162 Å². The second-order valence-corrected chi connectivity index (χ2v) is 10.2. The van der Waals surface area contributed by atoms with Crippen LogP contribution in [0.1, 0.15) is 17.8 Å². The lowest BCUT2D eigenvalue weighted by molar-refractivity contribution is 0.670. The van der Waals surface area contributed by atoms with Gasteiger partial charge in [0.05, 0.1) is 17.8 Å². The third-order valence-electron chi connectivity index (χ3n) is 7.93. The average molecular weight is 560 g/mol. The summed E-state index contributed by atoms with van der Waals surface area (Å²) in [6.45, 7) is 0. The number of rotatable bonds is 3. The molecule has 0 saturated heterocycles. The molecule has 43 heavy (non-hydrogen) atoms. The minimum absolute atomic E-state index is 0.0300. The normalized spacial score (nSPS) is 16.0. The molecule has 9 aromatic rings. The topological polar surface area (TPSA) is 13.1 Å². The van der Waals surface area contributed by atoms with Crippen LogP contribution in [0, 0.1) is 0 Å². The molecule has 8 aromatic carbocycles. The van der Waals surface area contributed by atoms with Gasteiger partial charge in [0.15, 0.2) is 0 Å². The highest BCUT2D eigenvalue weighted by molar-refractivity contribution is 6.27. The quantitative estimate of drug-likeness (QED) is 0.196. The van der Waals surface area contributed by atoms with Gasteiger partial charge in [0.2, 0.25) is 0 Å². The molecular weight excluding hydrogens is 520 g/mol. The van der Waals surface area contributed by atoms with Gasteiger partial charge >= 0.3 is 0 Å². The zero-order valence-corrected chi connectivity index (χ0v) is 22.4. The van der Waals surface area contributed by atoms with Crippen molar-refractivity contribution >= 4 is 54.3 Å². The Bertz CT molecular complexity index is 3160. The zero-order valence-electron chi connectivity index (χ0n) is 35.4. The molecule has 1 nitrogen and oxygen atoms in total. The Hall–Kier alpha value is -5.66. The Morgan fingerprint density at radius 3 is 1.70 bits per heavy atom. The minimum atomic E-state index is -0.565. The lowest BCUT2D eigenvalue weighted by atomic mass is 9.84. The molecule has 0 aliphatic heterocycles. The van der Waals surface area contributed by atoms with E-state index in [0.29, 0.717) is 38.2 Å². The Labute approximate surface area is 267 Å². The van der Waals surface area contributed by atoms with Crippen molar-refractivity contribution in [2.24, 2.45) is 0 Å². The van der Waals surface area contributed by atoms with Gasteiger partial charge in [-0.3, -0.25) is 0 Å². The molecule has 0 bridgehead atoms. The highest BCUT2D eigenvalue weighted by Gasteiger charge is 2.21. The first-order chi connectivity index (χ1) is 26.8. The van der Waals surface area contributed by atoms with Gasteiger partial charge in [0, 0.05) is 16.3 Å². The molecule has 0 spiro atoms. The van der Waals surface area contributed by atoms with Crippen LogP contribution in [0.4, 0.5) is 0 Å². The summed E-state index contributed by atoms with van der Waals surface area (Å²) in [4.78, 5) is 0. The predicted molar refractivity (Wildman–Crippen MR) is 183 cm³/mol. The van der Waals surface area contributed by atoms with E-state index in [1.54, 1.807) is 78.9 Å². The largest absolute Gasteiger partial charge is 0.455 e. The number of furan rings is 1. The SMILES string of the molecule is [2H]c1c([2H])c(-c2c3ccccc3c(-c3c([2H])c([2H])c([2H])c4c([2H])c([2H])c([2H])c([2H])c34)c3ccccc23)c2c(oc3c(-c4ccccc4)c([2H])c([2H])c([2H])c32)c1[2H]. The van der Waals surface area contributed by atoms with E-state index >= 15 is 0 Å². The van der Waals surface area contributed by atoms with Crippen LogP contribution >= 0.6 is 0 Å². The highest BCUT2D eigenvalue weighted by Crippen LogP contribution is 2.48. The molecule has 1 heteroatoms. The van der Waals surface area contributed by atoms with Gasteiger partial charge < -0.3 is 4.42 Å². The van der Waals surface area contributed by atoms with Crippen LogP contribution < -0.4 is 0 Å². The van der Waals surface area contributed by atoms with E-state index in [9.17, 15) is 2.74 Å². The fraction of sp³-hybridized carbons (Fsp3) is 0. The van der Waals surface area contributed by atoms with Crippen molar-refractivity contribution in [3.63, 3.8) is 0 Å². The van der Waals surface area contributed by atoms with E-state index in [1.807, 2.05) is 0 Å². The molecule has 0 radical (unpaired) electrons. The molecule has 1 heterocycles. The fourth-order valence-corrected chi connectivity index (χ4v) is 6.14. The Morgan fingerprint density at radius 1 is 0.419 bits per heavy atom. The molecule has 0 aliphatic carbocycles. The number of fused-ring (bicyclic) bond motifs is 6. The third kappa shape index (κ3) is 3.58. The number of benzene rings is 8. The summed E-state index contributed by atoms with van der Waals surface area (Å²) in [5.74, 6) is 0. The van der Waals surface area contributed by atoms with E-state index in [0.717, 1.165) is 0 Å². The molecule has 1 aromatic heterocycles. The summed E-state index contributed by atoms with van der Waals surface area (Å²) < 4.78 is 122. The average Bonchev–Trinajstić information content (AvgIpc) is 3.60. The van der Waals surface area contributed by atoms with Gasteiger partial charge in [-0.05, 0) is 66.2 Å². The van der Waals surface area contributed by atoms with Crippen molar-refractivity contribution in [3.8, 4) is 33.4 Å². The maximum atomic E-state index is 9.46. The molecule has 0 atom stereocenters. The minimum Gasteiger partial charge on any atom is -0.455 e. The van der Waals surface area contributed by atoms with Crippen molar-refractivity contribution in [1.82, 2.24) is 0 Å². The molecule has 0 aliphatic rings. The molecule has 0 saturated carbocycles. The van der Waals surface area contributed by atoms with Gasteiger partial charge in [-0.25, -0.2) is 0 Å². The lowest BCUT2D eigenvalue weighted by Crippen LogP contribution is -1.92. The lowest BCUT2D eigenvalue weighted by Gasteiger charge is -2.19. The summed E-state index contributed by atoms with van der Waals surface area (Å²) in [5, 5.41) is 1.88. The van der Waals surface area contributed by atoms with Gasteiger partial charge in [-0.2, -0.15) is 0 Å². The van der Waals surface area contributed by atoms with Crippen molar-refractivity contribution in [2.45, 2.75) is 0 Å². The van der Waals surface area contributed by atoms with Crippen LogP contribution in [0.5, 0.6) is 0 Å². The molecule has 0 fully saturated rings. The summed E-state index contributed by atoms with van der Waals surface area (Å²) in [6.07, 6.45) is 0. The molecule has 200 valence electrons. The second-order valence-electron chi connectivity index (χ2n) is 10.2. The van der Waals surface area contributed by atoms with Crippen LogP contribution in [0.25, 0.3) is 87.6 Å². The first-order valence-corrected chi connectivity index (χ1v) is 13.7. The van der Waals surface area contributed by atoms with E-state index < -0.39 is 54.4 Å². The van der Waals surface area contributed by atoms with Gasteiger partial charge in [0.1, 0.15) is 11.2 Å². The van der Waals surface area contributed by atoms with Gasteiger partial charge in [-0.15, -0.1) is 0 Å². The van der Waals surface area contributed by atoms with Gasteiger partial charge in [0.25, 0.3) is 0 Å². The predicted octanol–water partition coefficient (Wildman–Crippen LogP) is 12.0. The van der Waals surface area contributed by atoms with Crippen molar-refractivity contribution < 1.29 is 22.2 Å². The van der Waals surface area contributed by atoms with E-state index in [1.165, 1.54) is 0 Å². The summed E-state index contributed by atoms with van der Waals surface area (Å²) >= 11 is 0. The zero-order chi connectivity index (χ0) is 39.6. The maximum absolute atomic E-state index is 9.46. The van der Waals surface area contributed by atoms with Crippen LogP contribution in [-0.4, -0.2) is 0 Å². The number of hydrogen-bond donors (Lipinski definition) is 0. The Morgan fingerprint density at radius 2 is 0.953 bits per heavy atom. The standard InChI is InChI=1S/C42H26O/c1-2-13-28(14-3-1)30-22-11-25-37-41-36(24-12-26-38(41)43-42(30)37)40-34-20-8-6-18-32(34)39(33-19-7-9-21-35(33)40)31-23-10-16-27-15-4-5-17-29(27)31/h1-26H/i4D,5D,10D,11D,12D,15D,16D,17D,22D,23D,24D,25D,26D. The van der Waals surface area contributed by atoms with E-state index in [2.05, 4.69) is 0 Å². The molecule has 9 rings (SSSR count). The monoisotopic (exact) mass is 559 g/mol. The number of para-hydroxylation sites is 1. The van der Waals surface area contributed by atoms with E-state index in [-0.39, 0.29) is 73.6 Å². The third-order valence-corrected chi connectivity index (χ3v) is 7.93. The molecule has 0 N–H and O–H groups in total. The summed E-state index contributed by atoms with van der Waals surface area (Å²) in [6, 6.07) is 17.2. The van der Waals surface area contributed by atoms with Crippen molar-refractivity contribution in [1.29, 1.82) is 0 Å². The number of hydrogen-bond acceptors (Lipinski definition) is 1. The fourth-order valence-electron chi connectivity index (χ4n) is 6.14. The Balaban J connectivity index is 1.53. The van der Waals surface area contributed by atoms with Crippen LogP contribution in [-0.2, 0) is 0 Å². The second kappa shape index (κ2) is 9.44. The first-order valence-electron chi connectivity index (χ1n) is 20.2. The van der Waals surface area contributed by atoms with Crippen LogP contribution in [0.3, 0.4) is 0 Å². The smallest absolute Gasteiger partial charge is 0.143 e. The summed E-state index contributed by atoms with van der Waals surface area (Å²) in [5.41, 5.74) is 1.69. The van der Waals surface area contributed by atoms with Crippen LogP contribution in [0.2, 0.25) is 0 Å². The molecule has 0 amide bonds. The van der Waals surface area contributed by atoms with Gasteiger partial charge in [-0.1, -0.05) is 151 Å². The summed E-state index contributed by atoms with van der Waals surface area (Å²) in [7, 11) is 0. The Kier molecular flexibility index (Phi) is 3.18.